The standard InChI is InChI=1S/C21H21ClF4N2O3S/c1-28(14-5-3-2-4-6-14)32(30,31)15-8-9-18(23)16(12-15)20(29)27-19-10-7-13(22)11-17(19)21(24,25)26/h7-12,14H,2-6H2,1H3,(H,27,29). The molecular formula is C21H21ClF4N2O3S. The van der Waals surface area contributed by atoms with Crippen LogP contribution in [0.1, 0.15) is 48.0 Å². The summed E-state index contributed by atoms with van der Waals surface area (Å²) in [5.74, 6) is -2.28. The Bertz CT molecular complexity index is 1120. The maximum absolute atomic E-state index is 14.4. The fourth-order valence-corrected chi connectivity index (χ4v) is 5.31. The Morgan fingerprint density at radius 1 is 1.09 bits per heavy atom. The zero-order chi connectivity index (χ0) is 23.7. The molecule has 3 rings (SSSR count). The van der Waals surface area contributed by atoms with Crippen molar-refractivity contribution in [3.05, 3.63) is 58.4 Å². The number of rotatable bonds is 5. The van der Waals surface area contributed by atoms with Crippen LogP contribution in [0.15, 0.2) is 41.3 Å². The summed E-state index contributed by atoms with van der Waals surface area (Å²) < 4.78 is 81.4. The molecule has 1 amide bonds. The average molecular weight is 493 g/mol. The Kier molecular flexibility index (Phi) is 7.16. The van der Waals surface area contributed by atoms with Crippen molar-refractivity contribution in [3.8, 4) is 0 Å². The van der Waals surface area contributed by atoms with E-state index in [4.69, 9.17) is 11.6 Å². The van der Waals surface area contributed by atoms with Gasteiger partial charge in [-0.3, -0.25) is 4.79 Å². The van der Waals surface area contributed by atoms with Crippen molar-refractivity contribution in [1.29, 1.82) is 0 Å². The molecular weight excluding hydrogens is 472 g/mol. The number of carbonyl (C=O) groups excluding carboxylic acids is 1. The number of amides is 1. The molecule has 174 valence electrons. The van der Waals surface area contributed by atoms with Gasteiger partial charge in [0.1, 0.15) is 5.82 Å². The van der Waals surface area contributed by atoms with Gasteiger partial charge < -0.3 is 5.32 Å². The molecule has 1 aliphatic carbocycles. The lowest BCUT2D eigenvalue weighted by molar-refractivity contribution is -0.136. The number of anilines is 1. The molecule has 0 spiro atoms. The predicted molar refractivity (Wildman–Crippen MR) is 113 cm³/mol. The van der Waals surface area contributed by atoms with Crippen molar-refractivity contribution < 1.29 is 30.8 Å². The first-order valence-electron chi connectivity index (χ1n) is 9.87. The number of halogens is 5. The molecule has 1 aliphatic rings. The van der Waals surface area contributed by atoms with Crippen molar-refractivity contribution in [3.63, 3.8) is 0 Å². The van der Waals surface area contributed by atoms with Crippen LogP contribution < -0.4 is 5.32 Å². The summed E-state index contributed by atoms with van der Waals surface area (Å²) in [6, 6.07) is 5.18. The monoisotopic (exact) mass is 492 g/mol. The summed E-state index contributed by atoms with van der Waals surface area (Å²) >= 11 is 5.62. The molecule has 5 nitrogen and oxygen atoms in total. The van der Waals surface area contributed by atoms with Crippen molar-refractivity contribution in [2.24, 2.45) is 0 Å². The van der Waals surface area contributed by atoms with Gasteiger partial charge in [-0.2, -0.15) is 17.5 Å². The second-order valence-corrected chi connectivity index (χ2v) is 10.0. The Balaban J connectivity index is 1.92. The van der Waals surface area contributed by atoms with Gasteiger partial charge in [-0.25, -0.2) is 12.8 Å². The lowest BCUT2D eigenvalue weighted by Gasteiger charge is -2.30. The van der Waals surface area contributed by atoms with E-state index in [2.05, 4.69) is 0 Å². The van der Waals surface area contributed by atoms with E-state index in [1.54, 1.807) is 0 Å². The largest absolute Gasteiger partial charge is 0.418 e. The minimum Gasteiger partial charge on any atom is -0.321 e. The van der Waals surface area contributed by atoms with Crippen LogP contribution in [0.25, 0.3) is 0 Å². The smallest absolute Gasteiger partial charge is 0.321 e. The Labute approximate surface area is 188 Å². The molecule has 2 aromatic carbocycles. The molecule has 0 atom stereocenters. The van der Waals surface area contributed by atoms with Crippen LogP contribution in [-0.4, -0.2) is 31.7 Å². The van der Waals surface area contributed by atoms with E-state index in [1.165, 1.54) is 11.4 Å². The highest BCUT2D eigenvalue weighted by molar-refractivity contribution is 7.89. The number of benzene rings is 2. The summed E-state index contributed by atoms with van der Waals surface area (Å²) in [6.07, 6.45) is -0.619. The molecule has 32 heavy (non-hydrogen) atoms. The first-order valence-corrected chi connectivity index (χ1v) is 11.7. The van der Waals surface area contributed by atoms with E-state index in [1.807, 2.05) is 5.32 Å². The number of nitrogens with one attached hydrogen (secondary N) is 1. The Morgan fingerprint density at radius 2 is 1.75 bits per heavy atom. The normalized spacial score (nSPS) is 15.7. The van der Waals surface area contributed by atoms with E-state index in [0.717, 1.165) is 49.6 Å². The lowest BCUT2D eigenvalue weighted by Crippen LogP contribution is -2.38. The lowest BCUT2D eigenvalue weighted by atomic mass is 9.96. The number of hydrogen-bond acceptors (Lipinski definition) is 3. The average Bonchev–Trinajstić information content (AvgIpc) is 2.74. The molecule has 0 radical (unpaired) electrons. The topological polar surface area (TPSA) is 66.5 Å². The maximum Gasteiger partial charge on any atom is 0.418 e. The van der Waals surface area contributed by atoms with E-state index < -0.39 is 44.7 Å². The molecule has 1 N–H and O–H groups in total. The van der Waals surface area contributed by atoms with Crippen molar-refractivity contribution in [2.45, 2.75) is 49.2 Å². The number of sulfonamides is 1. The molecule has 0 heterocycles. The van der Waals surface area contributed by atoms with Gasteiger partial charge in [-0.15, -0.1) is 0 Å². The van der Waals surface area contributed by atoms with Crippen molar-refractivity contribution in [2.75, 3.05) is 12.4 Å². The molecule has 1 fully saturated rings. The molecule has 1 saturated carbocycles. The van der Waals surface area contributed by atoms with E-state index in [0.29, 0.717) is 18.9 Å². The van der Waals surface area contributed by atoms with E-state index in [9.17, 15) is 30.8 Å². The van der Waals surface area contributed by atoms with Crippen molar-refractivity contribution >= 4 is 33.2 Å². The van der Waals surface area contributed by atoms with E-state index >= 15 is 0 Å². The molecule has 0 bridgehead atoms. The van der Waals surface area contributed by atoms with Gasteiger partial charge in [0.2, 0.25) is 10.0 Å². The second kappa shape index (κ2) is 9.36. The van der Waals surface area contributed by atoms with Crippen LogP contribution in [0.3, 0.4) is 0 Å². The van der Waals surface area contributed by atoms with Gasteiger partial charge in [0.25, 0.3) is 5.91 Å². The third-order valence-electron chi connectivity index (χ3n) is 5.48. The van der Waals surface area contributed by atoms with Crippen LogP contribution in [0.4, 0.5) is 23.2 Å². The van der Waals surface area contributed by atoms with Crippen LogP contribution in [0.2, 0.25) is 5.02 Å². The third kappa shape index (κ3) is 5.24. The summed E-state index contributed by atoms with van der Waals surface area (Å²) in [4.78, 5) is 12.3. The minimum absolute atomic E-state index is 0.194. The van der Waals surface area contributed by atoms with Crippen LogP contribution in [0, 0.1) is 5.82 Å². The summed E-state index contributed by atoms with van der Waals surface area (Å²) in [6.45, 7) is 0. The number of carbonyl (C=O) groups is 1. The molecule has 0 unspecified atom stereocenters. The summed E-state index contributed by atoms with van der Waals surface area (Å²) in [7, 11) is -2.60. The third-order valence-corrected chi connectivity index (χ3v) is 7.62. The minimum atomic E-state index is -4.82. The van der Waals surface area contributed by atoms with Gasteiger partial charge in [0.15, 0.2) is 0 Å². The summed E-state index contributed by atoms with van der Waals surface area (Å²) in [5.41, 5.74) is -2.52. The summed E-state index contributed by atoms with van der Waals surface area (Å²) in [5, 5.41) is 1.81. The first-order chi connectivity index (χ1) is 14.9. The Morgan fingerprint density at radius 3 is 2.38 bits per heavy atom. The number of hydrogen-bond donors (Lipinski definition) is 1. The highest BCUT2D eigenvalue weighted by Gasteiger charge is 2.35. The zero-order valence-corrected chi connectivity index (χ0v) is 18.6. The molecule has 0 saturated heterocycles. The van der Waals surface area contributed by atoms with Gasteiger partial charge in [0, 0.05) is 18.1 Å². The van der Waals surface area contributed by atoms with Gasteiger partial charge in [-0.1, -0.05) is 30.9 Å². The van der Waals surface area contributed by atoms with Crippen LogP contribution in [-0.2, 0) is 16.2 Å². The number of nitrogens with zero attached hydrogens (tertiary/aromatic N) is 1. The highest BCUT2D eigenvalue weighted by Crippen LogP contribution is 2.37. The van der Waals surface area contributed by atoms with Gasteiger partial charge >= 0.3 is 6.18 Å². The molecule has 0 aromatic heterocycles. The predicted octanol–water partition coefficient (Wildman–Crippen LogP) is 5.70. The quantitative estimate of drug-likeness (QED) is 0.544. The van der Waals surface area contributed by atoms with E-state index in [-0.39, 0.29) is 16.0 Å². The van der Waals surface area contributed by atoms with Gasteiger partial charge in [-0.05, 0) is 49.2 Å². The molecule has 2 aromatic rings. The fraction of sp³-hybridized carbons (Fsp3) is 0.381. The van der Waals surface area contributed by atoms with Gasteiger partial charge in [0.05, 0.1) is 21.7 Å². The van der Waals surface area contributed by atoms with Crippen LogP contribution >= 0.6 is 11.6 Å². The second-order valence-electron chi connectivity index (χ2n) is 7.60. The first kappa shape index (κ1) is 24.5. The maximum atomic E-state index is 14.4. The highest BCUT2D eigenvalue weighted by atomic mass is 35.5. The molecule has 11 heteroatoms. The number of alkyl halides is 3. The zero-order valence-electron chi connectivity index (χ0n) is 17.0. The fourth-order valence-electron chi connectivity index (χ4n) is 3.70. The van der Waals surface area contributed by atoms with Crippen molar-refractivity contribution in [1.82, 2.24) is 4.31 Å². The SMILES string of the molecule is CN(C1CCCCC1)S(=O)(=O)c1ccc(F)c(C(=O)Nc2ccc(Cl)cc2C(F)(F)F)c1. The Hall–Kier alpha value is -2.17. The molecule has 0 aliphatic heterocycles. The van der Waals surface area contributed by atoms with Crippen LogP contribution in [0.5, 0.6) is 0 Å².